The fourth-order valence-corrected chi connectivity index (χ4v) is 2.89. The van der Waals surface area contributed by atoms with E-state index in [4.69, 9.17) is 4.74 Å². The first kappa shape index (κ1) is 17.9. The molecule has 120 valence electrons. The molecule has 0 aliphatic carbocycles. The van der Waals surface area contributed by atoms with Gasteiger partial charge in [0.15, 0.2) is 0 Å². The summed E-state index contributed by atoms with van der Waals surface area (Å²) in [6.45, 7) is 6.67. The van der Waals surface area contributed by atoms with Gasteiger partial charge in [0.1, 0.15) is 5.75 Å². The van der Waals surface area contributed by atoms with Gasteiger partial charge in [-0.1, -0.05) is 27.2 Å². The van der Waals surface area contributed by atoms with Crippen LogP contribution in [0.4, 0.5) is 0 Å². The molecule has 0 bridgehead atoms. The largest absolute Gasteiger partial charge is 0.493 e. The lowest BCUT2D eigenvalue weighted by Crippen LogP contribution is -2.28. The second kappa shape index (κ2) is 8.36. The zero-order valence-corrected chi connectivity index (χ0v) is 13.7. The summed E-state index contributed by atoms with van der Waals surface area (Å²) in [7, 11) is -3.55. The second-order valence-corrected chi connectivity index (χ2v) is 6.91. The van der Waals surface area contributed by atoms with Gasteiger partial charge in [-0.3, -0.25) is 0 Å². The second-order valence-electron chi connectivity index (χ2n) is 5.14. The smallest absolute Gasteiger partial charge is 0.240 e. The zero-order valence-electron chi connectivity index (χ0n) is 12.9. The van der Waals surface area contributed by atoms with Crippen molar-refractivity contribution in [3.8, 4) is 5.75 Å². The van der Waals surface area contributed by atoms with E-state index in [0.29, 0.717) is 24.5 Å². The Labute approximate surface area is 127 Å². The normalized spacial score (nSPS) is 13.1. The molecule has 1 atom stereocenters. The molecule has 0 heterocycles. The summed E-state index contributed by atoms with van der Waals surface area (Å²) in [6.07, 6.45) is 1.76. The van der Waals surface area contributed by atoms with E-state index in [1.807, 2.05) is 20.8 Å². The summed E-state index contributed by atoms with van der Waals surface area (Å²) in [6, 6.07) is 4.56. The van der Waals surface area contributed by atoms with E-state index in [1.54, 1.807) is 6.07 Å². The van der Waals surface area contributed by atoms with Crippen molar-refractivity contribution in [2.75, 3.05) is 13.2 Å². The standard InChI is InChI=1S/C15H25NO4S/c1-4-8-20-15-7-6-14(9-13(15)11-17)21(18,19)16-10-12(3)5-2/h6-7,9,12,16-17H,4-5,8,10-11H2,1-3H3. The minimum atomic E-state index is -3.55. The molecular formula is C15H25NO4S. The quantitative estimate of drug-likeness (QED) is 0.733. The van der Waals surface area contributed by atoms with E-state index >= 15 is 0 Å². The number of hydrogen-bond donors (Lipinski definition) is 2. The molecule has 2 N–H and O–H groups in total. The maximum absolute atomic E-state index is 12.2. The highest BCUT2D eigenvalue weighted by atomic mass is 32.2. The van der Waals surface area contributed by atoms with Gasteiger partial charge in [-0.2, -0.15) is 0 Å². The van der Waals surface area contributed by atoms with Crippen molar-refractivity contribution in [3.05, 3.63) is 23.8 Å². The lowest BCUT2D eigenvalue weighted by atomic mass is 10.1. The summed E-state index contributed by atoms with van der Waals surface area (Å²) in [5.41, 5.74) is 0.481. The molecule has 0 spiro atoms. The molecule has 0 aromatic heterocycles. The number of hydrogen-bond acceptors (Lipinski definition) is 4. The average molecular weight is 315 g/mol. The third-order valence-corrected chi connectivity index (χ3v) is 4.71. The Morgan fingerprint density at radius 2 is 2.05 bits per heavy atom. The Morgan fingerprint density at radius 3 is 2.62 bits per heavy atom. The minimum absolute atomic E-state index is 0.152. The zero-order chi connectivity index (χ0) is 15.9. The molecule has 1 unspecified atom stereocenters. The molecule has 21 heavy (non-hydrogen) atoms. The van der Waals surface area contributed by atoms with Crippen LogP contribution in [0.1, 0.15) is 39.2 Å². The Hall–Kier alpha value is -1.11. The summed E-state index contributed by atoms with van der Waals surface area (Å²) in [5, 5.41) is 9.37. The van der Waals surface area contributed by atoms with Crippen molar-refractivity contribution in [3.63, 3.8) is 0 Å². The molecule has 0 aliphatic rings. The van der Waals surface area contributed by atoms with Crippen LogP contribution in [0, 0.1) is 5.92 Å². The van der Waals surface area contributed by atoms with Gasteiger partial charge >= 0.3 is 0 Å². The lowest BCUT2D eigenvalue weighted by molar-refractivity contribution is 0.262. The molecular weight excluding hydrogens is 290 g/mol. The van der Waals surface area contributed by atoms with Gasteiger partial charge in [0, 0.05) is 12.1 Å². The van der Waals surface area contributed by atoms with Crippen LogP contribution in [0.15, 0.2) is 23.1 Å². The highest BCUT2D eigenvalue weighted by molar-refractivity contribution is 7.89. The van der Waals surface area contributed by atoms with Crippen LogP contribution in [0.5, 0.6) is 5.75 Å². The van der Waals surface area contributed by atoms with Crippen LogP contribution in [0.3, 0.4) is 0 Å². The molecule has 0 saturated heterocycles. The molecule has 0 fully saturated rings. The summed E-state index contributed by atoms with van der Waals surface area (Å²) in [4.78, 5) is 0.152. The fourth-order valence-electron chi connectivity index (χ4n) is 1.68. The van der Waals surface area contributed by atoms with Gasteiger partial charge in [-0.25, -0.2) is 13.1 Å². The Bertz CT molecular complexity index is 543. The first-order valence-electron chi connectivity index (χ1n) is 7.30. The predicted molar refractivity (Wildman–Crippen MR) is 82.8 cm³/mol. The molecule has 6 heteroatoms. The minimum Gasteiger partial charge on any atom is -0.493 e. The molecule has 0 radical (unpaired) electrons. The van der Waals surface area contributed by atoms with E-state index in [1.165, 1.54) is 12.1 Å². The van der Waals surface area contributed by atoms with Crippen LogP contribution in [-0.4, -0.2) is 26.7 Å². The Balaban J connectivity index is 2.92. The van der Waals surface area contributed by atoms with Crippen LogP contribution in [0.2, 0.25) is 0 Å². The van der Waals surface area contributed by atoms with E-state index < -0.39 is 10.0 Å². The van der Waals surface area contributed by atoms with Crippen LogP contribution in [-0.2, 0) is 16.6 Å². The van der Waals surface area contributed by atoms with Gasteiger partial charge in [-0.15, -0.1) is 0 Å². The third-order valence-electron chi connectivity index (χ3n) is 3.29. The number of aliphatic hydroxyl groups excluding tert-OH is 1. The summed E-state index contributed by atoms with van der Waals surface area (Å²) >= 11 is 0. The highest BCUT2D eigenvalue weighted by Gasteiger charge is 2.17. The molecule has 1 aromatic carbocycles. The van der Waals surface area contributed by atoms with Crippen molar-refractivity contribution >= 4 is 10.0 Å². The SMILES string of the molecule is CCCOc1ccc(S(=O)(=O)NCC(C)CC)cc1CO. The van der Waals surface area contributed by atoms with Gasteiger partial charge in [0.2, 0.25) is 10.0 Å². The van der Waals surface area contributed by atoms with Crippen LogP contribution < -0.4 is 9.46 Å². The molecule has 0 amide bonds. The number of nitrogens with one attached hydrogen (secondary N) is 1. The number of ether oxygens (including phenoxy) is 1. The molecule has 0 aliphatic heterocycles. The monoisotopic (exact) mass is 315 g/mol. The third kappa shape index (κ3) is 5.30. The molecule has 0 saturated carbocycles. The molecule has 5 nitrogen and oxygen atoms in total. The van der Waals surface area contributed by atoms with Crippen molar-refractivity contribution in [1.82, 2.24) is 4.72 Å². The fraction of sp³-hybridized carbons (Fsp3) is 0.600. The summed E-state index contributed by atoms with van der Waals surface area (Å²) in [5.74, 6) is 0.810. The van der Waals surface area contributed by atoms with Gasteiger partial charge in [0.05, 0.1) is 18.1 Å². The Morgan fingerprint density at radius 1 is 1.33 bits per heavy atom. The van der Waals surface area contributed by atoms with E-state index in [2.05, 4.69) is 4.72 Å². The highest BCUT2D eigenvalue weighted by Crippen LogP contribution is 2.23. The van der Waals surface area contributed by atoms with E-state index in [-0.39, 0.29) is 17.4 Å². The van der Waals surface area contributed by atoms with Crippen molar-refractivity contribution in [2.45, 2.75) is 45.1 Å². The van der Waals surface area contributed by atoms with Gasteiger partial charge < -0.3 is 9.84 Å². The maximum Gasteiger partial charge on any atom is 0.240 e. The average Bonchev–Trinajstić information content (AvgIpc) is 2.50. The first-order chi connectivity index (χ1) is 9.94. The van der Waals surface area contributed by atoms with Gasteiger partial charge in [0.25, 0.3) is 0 Å². The molecule has 1 rings (SSSR count). The Kier molecular flexibility index (Phi) is 7.14. The van der Waals surface area contributed by atoms with Crippen molar-refractivity contribution < 1.29 is 18.3 Å². The number of aliphatic hydroxyl groups is 1. The predicted octanol–water partition coefficient (Wildman–Crippen LogP) is 2.29. The van der Waals surface area contributed by atoms with E-state index in [9.17, 15) is 13.5 Å². The van der Waals surface area contributed by atoms with Crippen molar-refractivity contribution in [1.29, 1.82) is 0 Å². The summed E-state index contributed by atoms with van der Waals surface area (Å²) < 4.78 is 32.5. The van der Waals surface area contributed by atoms with Crippen LogP contribution in [0.25, 0.3) is 0 Å². The number of rotatable bonds is 9. The maximum atomic E-state index is 12.2. The number of benzene rings is 1. The molecule has 1 aromatic rings. The van der Waals surface area contributed by atoms with Gasteiger partial charge in [-0.05, 0) is 30.5 Å². The first-order valence-corrected chi connectivity index (χ1v) is 8.79. The van der Waals surface area contributed by atoms with Crippen LogP contribution >= 0.6 is 0 Å². The number of sulfonamides is 1. The van der Waals surface area contributed by atoms with Crippen molar-refractivity contribution in [2.24, 2.45) is 5.92 Å². The lowest BCUT2D eigenvalue weighted by Gasteiger charge is -2.13. The topological polar surface area (TPSA) is 75.6 Å². The van der Waals surface area contributed by atoms with E-state index in [0.717, 1.165) is 12.8 Å².